The van der Waals surface area contributed by atoms with Gasteiger partial charge in [0.15, 0.2) is 0 Å². The summed E-state index contributed by atoms with van der Waals surface area (Å²) >= 11 is 0. The zero-order valence-corrected chi connectivity index (χ0v) is 13.2. The summed E-state index contributed by atoms with van der Waals surface area (Å²) in [5.41, 5.74) is 4.41. The maximum atomic E-state index is 12.0. The number of hydrogen-bond acceptors (Lipinski definition) is 4. The molecule has 2 bridgehead atoms. The minimum Gasteiger partial charge on any atom is -0.273 e. The Labute approximate surface area is 135 Å². The predicted molar refractivity (Wildman–Crippen MR) is 87.0 cm³/mol. The van der Waals surface area contributed by atoms with Crippen LogP contribution in [0.1, 0.15) is 38.2 Å². The molecule has 0 spiro atoms. The molecule has 0 unspecified atom stereocenters. The second-order valence-corrected chi connectivity index (χ2v) is 6.67. The van der Waals surface area contributed by atoms with Crippen molar-refractivity contribution in [3.8, 4) is 0 Å². The van der Waals surface area contributed by atoms with E-state index in [1.165, 1.54) is 37.8 Å². The Hall–Kier alpha value is -2.24. The van der Waals surface area contributed by atoms with Crippen molar-refractivity contribution in [2.45, 2.75) is 39.0 Å². The van der Waals surface area contributed by atoms with Gasteiger partial charge in [-0.25, -0.2) is 5.43 Å². The Morgan fingerprint density at radius 1 is 1.30 bits per heavy atom. The Kier molecular flexibility index (Phi) is 4.41. The molecule has 0 saturated heterocycles. The molecule has 1 aromatic carbocycles. The fraction of sp³-hybridized carbons (Fsp3) is 0.529. The van der Waals surface area contributed by atoms with Crippen molar-refractivity contribution < 1.29 is 9.72 Å². The van der Waals surface area contributed by atoms with Gasteiger partial charge in [-0.2, -0.15) is 5.10 Å². The van der Waals surface area contributed by atoms with E-state index >= 15 is 0 Å². The van der Waals surface area contributed by atoms with Crippen LogP contribution in [0.2, 0.25) is 0 Å². The van der Waals surface area contributed by atoms with Crippen LogP contribution in [0.5, 0.6) is 0 Å². The second kappa shape index (κ2) is 6.48. The van der Waals surface area contributed by atoms with E-state index in [4.69, 9.17) is 0 Å². The number of nitrogens with one attached hydrogen (secondary N) is 1. The Balaban J connectivity index is 1.53. The normalized spacial score (nSPS) is 26.3. The van der Waals surface area contributed by atoms with Crippen molar-refractivity contribution in [1.82, 2.24) is 5.43 Å². The van der Waals surface area contributed by atoms with Crippen molar-refractivity contribution in [1.29, 1.82) is 0 Å². The fourth-order valence-corrected chi connectivity index (χ4v) is 3.95. The van der Waals surface area contributed by atoms with Gasteiger partial charge in [-0.3, -0.25) is 14.9 Å². The van der Waals surface area contributed by atoms with Gasteiger partial charge in [0.05, 0.1) is 11.3 Å². The average Bonchev–Trinajstić information content (AvgIpc) is 3.16. The van der Waals surface area contributed by atoms with Gasteiger partial charge in [0.25, 0.3) is 5.69 Å². The topological polar surface area (TPSA) is 84.6 Å². The largest absolute Gasteiger partial charge is 0.273 e. The molecule has 6 heteroatoms. The van der Waals surface area contributed by atoms with Crippen LogP contribution in [-0.2, 0) is 11.2 Å². The van der Waals surface area contributed by atoms with Crippen molar-refractivity contribution in [2.75, 3.05) is 0 Å². The van der Waals surface area contributed by atoms with Crippen LogP contribution in [0.4, 0.5) is 5.69 Å². The summed E-state index contributed by atoms with van der Waals surface area (Å²) in [6, 6.07) is 6.02. The number of fused-ring (bicyclic) bond motifs is 2. The van der Waals surface area contributed by atoms with Crippen LogP contribution in [-0.4, -0.2) is 16.5 Å². The molecule has 1 aromatic rings. The number of amides is 1. The third-order valence-electron chi connectivity index (χ3n) is 5.14. The van der Waals surface area contributed by atoms with Gasteiger partial charge in [-0.15, -0.1) is 0 Å². The second-order valence-electron chi connectivity index (χ2n) is 6.67. The minimum absolute atomic E-state index is 0.0271. The summed E-state index contributed by atoms with van der Waals surface area (Å²) in [7, 11) is 0. The number of non-ortho nitro benzene ring substituents is 1. The molecule has 3 rings (SSSR count). The lowest BCUT2D eigenvalue weighted by atomic mass is 9.86. The lowest BCUT2D eigenvalue weighted by Gasteiger charge is -2.21. The number of nitro groups is 1. The van der Waals surface area contributed by atoms with Crippen LogP contribution in [0.25, 0.3) is 0 Å². The summed E-state index contributed by atoms with van der Waals surface area (Å²) in [6.45, 7) is 2.00. The predicted octanol–water partition coefficient (Wildman–Crippen LogP) is 3.07. The molecule has 6 nitrogen and oxygen atoms in total. The molecule has 2 aliphatic rings. The van der Waals surface area contributed by atoms with E-state index < -0.39 is 4.92 Å². The van der Waals surface area contributed by atoms with Crippen LogP contribution < -0.4 is 5.43 Å². The maximum absolute atomic E-state index is 12.0. The third-order valence-corrected chi connectivity index (χ3v) is 5.14. The molecule has 1 amide bonds. The van der Waals surface area contributed by atoms with Crippen LogP contribution >= 0.6 is 0 Å². The van der Waals surface area contributed by atoms with Crippen molar-refractivity contribution in [3.05, 3.63) is 39.9 Å². The number of hydrogen-bond donors (Lipinski definition) is 1. The molecule has 0 aromatic heterocycles. The van der Waals surface area contributed by atoms with Crippen molar-refractivity contribution in [2.24, 2.45) is 22.9 Å². The van der Waals surface area contributed by atoms with Gasteiger partial charge in [0, 0.05) is 23.8 Å². The lowest BCUT2D eigenvalue weighted by Crippen LogP contribution is -2.25. The highest BCUT2D eigenvalue weighted by atomic mass is 16.6. The molecule has 0 radical (unpaired) electrons. The van der Waals surface area contributed by atoms with Gasteiger partial charge in [0.1, 0.15) is 0 Å². The highest BCUT2D eigenvalue weighted by Crippen LogP contribution is 2.48. The molecule has 23 heavy (non-hydrogen) atoms. The molecule has 2 aliphatic carbocycles. The quantitative estimate of drug-likeness (QED) is 0.515. The van der Waals surface area contributed by atoms with E-state index in [0.717, 1.165) is 23.1 Å². The molecule has 0 aliphatic heterocycles. The van der Waals surface area contributed by atoms with E-state index in [0.29, 0.717) is 5.92 Å². The number of hydrazone groups is 1. The maximum Gasteiger partial charge on any atom is 0.269 e. The third kappa shape index (κ3) is 3.57. The number of nitro benzene ring substituents is 1. The number of rotatable bonds is 5. The van der Waals surface area contributed by atoms with Gasteiger partial charge in [-0.05, 0) is 43.6 Å². The molecule has 3 atom stereocenters. The first kappa shape index (κ1) is 15.6. The zero-order valence-electron chi connectivity index (χ0n) is 13.2. The number of carbonyl (C=O) groups is 1. The van der Waals surface area contributed by atoms with Gasteiger partial charge in [-0.1, -0.05) is 18.6 Å². The molecular formula is C17H21N3O3. The van der Waals surface area contributed by atoms with E-state index in [-0.39, 0.29) is 18.0 Å². The Bertz CT molecular complexity index is 639. The SMILES string of the molecule is C/C(=N\NC(=O)Cc1ccc([N+](=O)[O-])cc1)[C@@H]1C[C@@H]2CC[C@@H]1C2. The van der Waals surface area contributed by atoms with Gasteiger partial charge in [0.2, 0.25) is 5.91 Å². The van der Waals surface area contributed by atoms with Gasteiger partial charge >= 0.3 is 0 Å². The molecule has 1 N–H and O–H groups in total. The van der Waals surface area contributed by atoms with E-state index in [9.17, 15) is 14.9 Å². The highest BCUT2D eigenvalue weighted by molar-refractivity contribution is 5.87. The highest BCUT2D eigenvalue weighted by Gasteiger charge is 2.40. The zero-order chi connectivity index (χ0) is 16.4. The Morgan fingerprint density at radius 3 is 2.61 bits per heavy atom. The summed E-state index contributed by atoms with van der Waals surface area (Å²) < 4.78 is 0. The van der Waals surface area contributed by atoms with Crippen LogP contribution in [0, 0.1) is 27.9 Å². The number of carbonyl (C=O) groups excluding carboxylic acids is 1. The first-order valence-electron chi connectivity index (χ1n) is 8.09. The lowest BCUT2D eigenvalue weighted by molar-refractivity contribution is -0.384. The molecule has 2 fully saturated rings. The molecule has 2 saturated carbocycles. The monoisotopic (exact) mass is 315 g/mol. The van der Waals surface area contributed by atoms with E-state index in [2.05, 4.69) is 10.5 Å². The molecule has 122 valence electrons. The van der Waals surface area contributed by atoms with E-state index in [1.807, 2.05) is 6.92 Å². The molecule has 0 heterocycles. The van der Waals surface area contributed by atoms with Crippen molar-refractivity contribution in [3.63, 3.8) is 0 Å². The summed E-state index contributed by atoms with van der Waals surface area (Å²) in [5.74, 6) is 1.93. The average molecular weight is 315 g/mol. The minimum atomic E-state index is -0.452. The fourth-order valence-electron chi connectivity index (χ4n) is 3.95. The molecular weight excluding hydrogens is 294 g/mol. The van der Waals surface area contributed by atoms with Crippen molar-refractivity contribution >= 4 is 17.3 Å². The van der Waals surface area contributed by atoms with Crippen LogP contribution in [0.15, 0.2) is 29.4 Å². The summed E-state index contributed by atoms with van der Waals surface area (Å²) in [4.78, 5) is 22.1. The number of nitrogens with zero attached hydrogens (tertiary/aromatic N) is 2. The van der Waals surface area contributed by atoms with E-state index in [1.54, 1.807) is 12.1 Å². The number of benzene rings is 1. The first-order chi connectivity index (χ1) is 11.0. The summed E-state index contributed by atoms with van der Waals surface area (Å²) in [5, 5.41) is 14.9. The van der Waals surface area contributed by atoms with Crippen LogP contribution in [0.3, 0.4) is 0 Å². The summed E-state index contributed by atoms with van der Waals surface area (Å²) in [6.07, 6.45) is 5.33. The van der Waals surface area contributed by atoms with Gasteiger partial charge < -0.3 is 0 Å². The standard InChI is InChI=1S/C17H21N3O3/c1-11(16-9-13-2-5-14(16)8-13)18-19-17(21)10-12-3-6-15(7-4-12)20(22)23/h3-4,6-7,13-14,16H,2,5,8-10H2,1H3,(H,19,21)/b18-11+/t13-,14-,16+/m1/s1. The Morgan fingerprint density at radius 2 is 2.04 bits per heavy atom. The smallest absolute Gasteiger partial charge is 0.269 e. The first-order valence-corrected chi connectivity index (χ1v) is 8.09.